The molecule has 4 nitrogen and oxygen atoms in total. The van der Waals surface area contributed by atoms with E-state index in [0.29, 0.717) is 18.1 Å². The van der Waals surface area contributed by atoms with Crippen LogP contribution in [0.25, 0.3) is 0 Å². The van der Waals surface area contributed by atoms with Gasteiger partial charge in [0, 0.05) is 17.2 Å². The monoisotopic (exact) mass is 270 g/mol. The normalized spacial score (nSPS) is 19.8. The van der Waals surface area contributed by atoms with E-state index in [9.17, 15) is 9.59 Å². The molecular weight excluding hydrogens is 256 g/mol. The topological polar surface area (TPSA) is 58.2 Å². The smallest absolute Gasteiger partial charge is 0.243 e. The molecule has 2 rings (SSSR count). The first-order valence-corrected chi connectivity index (χ1v) is 7.46. The Bertz CT molecular complexity index is 392. The second kappa shape index (κ2) is 6.07. The molecule has 2 N–H and O–H groups in total. The lowest BCUT2D eigenvalue weighted by atomic mass is 10.3. The summed E-state index contributed by atoms with van der Waals surface area (Å²) in [6, 6.07) is 3.68. The molecule has 0 bridgehead atoms. The molecule has 1 saturated heterocycles. The summed E-state index contributed by atoms with van der Waals surface area (Å²) in [5.41, 5.74) is 0. The first kappa shape index (κ1) is 12.4. The van der Waals surface area contributed by atoms with Crippen LogP contribution < -0.4 is 10.6 Å². The fourth-order valence-electron chi connectivity index (χ4n) is 1.58. The average Bonchev–Trinajstić information content (AvgIpc) is 2.82. The average molecular weight is 270 g/mol. The van der Waals surface area contributed by atoms with E-state index in [1.807, 2.05) is 11.4 Å². The van der Waals surface area contributed by atoms with Gasteiger partial charge >= 0.3 is 0 Å². The third-order valence-corrected chi connectivity index (χ3v) is 4.39. The van der Waals surface area contributed by atoms with Crippen LogP contribution in [0.5, 0.6) is 0 Å². The summed E-state index contributed by atoms with van der Waals surface area (Å²) in [5, 5.41) is 7.56. The molecule has 1 aromatic heterocycles. The molecule has 6 heteroatoms. The third-order valence-electron chi connectivity index (χ3n) is 2.42. The molecule has 17 heavy (non-hydrogen) atoms. The summed E-state index contributed by atoms with van der Waals surface area (Å²) >= 11 is 3.19. The molecule has 1 fully saturated rings. The van der Waals surface area contributed by atoms with Crippen LogP contribution in [0.2, 0.25) is 0 Å². The van der Waals surface area contributed by atoms with E-state index in [4.69, 9.17) is 0 Å². The Morgan fingerprint density at radius 2 is 2.47 bits per heavy atom. The Labute approximate surface area is 108 Å². The number of rotatable bonds is 4. The summed E-state index contributed by atoms with van der Waals surface area (Å²) in [7, 11) is 0. The van der Waals surface area contributed by atoms with Crippen molar-refractivity contribution in [2.45, 2.75) is 12.5 Å². The lowest BCUT2D eigenvalue weighted by molar-refractivity contribution is -0.127. The van der Waals surface area contributed by atoms with Gasteiger partial charge in [-0.2, -0.15) is 0 Å². The van der Waals surface area contributed by atoms with Gasteiger partial charge in [-0.3, -0.25) is 9.59 Å². The molecule has 1 aliphatic rings. The number of hydrogen-bond acceptors (Lipinski definition) is 4. The predicted octanol–water partition coefficient (Wildman–Crippen LogP) is 0.638. The molecule has 0 aromatic carbocycles. The fraction of sp³-hybridized carbons (Fsp3) is 0.455. The maximum Gasteiger partial charge on any atom is 0.243 e. The highest BCUT2D eigenvalue weighted by atomic mass is 32.2. The van der Waals surface area contributed by atoms with E-state index in [1.54, 1.807) is 11.3 Å². The molecule has 1 aromatic rings. The Balaban J connectivity index is 1.71. The Morgan fingerprint density at radius 3 is 3.18 bits per heavy atom. The quantitative estimate of drug-likeness (QED) is 0.844. The van der Waals surface area contributed by atoms with Crippen molar-refractivity contribution in [1.82, 2.24) is 10.6 Å². The van der Waals surface area contributed by atoms with Gasteiger partial charge in [-0.25, -0.2) is 0 Å². The highest BCUT2D eigenvalue weighted by Crippen LogP contribution is 2.10. The number of nitrogens with one attached hydrogen (secondary N) is 2. The Kier molecular flexibility index (Phi) is 4.44. The van der Waals surface area contributed by atoms with Crippen molar-refractivity contribution >= 4 is 34.9 Å². The second-order valence-corrected chi connectivity index (χ2v) is 5.82. The zero-order valence-electron chi connectivity index (χ0n) is 9.27. The predicted molar refractivity (Wildman–Crippen MR) is 70.3 cm³/mol. The second-order valence-electron chi connectivity index (χ2n) is 3.76. The third kappa shape index (κ3) is 3.74. The minimum absolute atomic E-state index is 0.0559. The van der Waals surface area contributed by atoms with Crippen molar-refractivity contribution in [3.05, 3.63) is 22.4 Å². The lowest BCUT2D eigenvalue weighted by Crippen LogP contribution is -2.51. The maximum atomic E-state index is 11.7. The highest BCUT2D eigenvalue weighted by molar-refractivity contribution is 8.00. The van der Waals surface area contributed by atoms with Crippen LogP contribution in [-0.2, 0) is 16.0 Å². The first-order valence-electron chi connectivity index (χ1n) is 5.43. The van der Waals surface area contributed by atoms with Crippen molar-refractivity contribution in [1.29, 1.82) is 0 Å². The van der Waals surface area contributed by atoms with Crippen molar-refractivity contribution < 1.29 is 9.59 Å². The lowest BCUT2D eigenvalue weighted by Gasteiger charge is -2.21. The van der Waals surface area contributed by atoms with Gasteiger partial charge in [0.1, 0.15) is 6.04 Å². The Morgan fingerprint density at radius 1 is 1.59 bits per heavy atom. The minimum atomic E-state index is -0.371. The number of carbonyl (C=O) groups is 2. The van der Waals surface area contributed by atoms with Gasteiger partial charge in [0.05, 0.1) is 5.75 Å². The number of amides is 2. The van der Waals surface area contributed by atoms with Gasteiger partial charge in [-0.05, 0) is 17.9 Å². The van der Waals surface area contributed by atoms with Gasteiger partial charge in [-0.1, -0.05) is 6.07 Å². The standard InChI is InChI=1S/C11H14N2O2S2/c14-10-7-16-6-9(13-10)11(15)12-4-3-8-2-1-5-17-8/h1-2,5,9H,3-4,6-7H2,(H,12,15)(H,13,14). The summed E-state index contributed by atoms with van der Waals surface area (Å²) in [6.07, 6.45) is 0.844. The molecule has 0 radical (unpaired) electrons. The van der Waals surface area contributed by atoms with Gasteiger partial charge in [-0.15, -0.1) is 23.1 Å². The van der Waals surface area contributed by atoms with Crippen LogP contribution >= 0.6 is 23.1 Å². The van der Waals surface area contributed by atoms with Crippen LogP contribution in [0.3, 0.4) is 0 Å². The highest BCUT2D eigenvalue weighted by Gasteiger charge is 2.24. The number of thioether (sulfide) groups is 1. The van der Waals surface area contributed by atoms with Crippen LogP contribution in [0.4, 0.5) is 0 Å². The molecular formula is C11H14N2O2S2. The molecule has 0 spiro atoms. The van der Waals surface area contributed by atoms with E-state index in [1.165, 1.54) is 16.6 Å². The van der Waals surface area contributed by atoms with Gasteiger partial charge < -0.3 is 10.6 Å². The van der Waals surface area contributed by atoms with Crippen LogP contribution in [0.15, 0.2) is 17.5 Å². The van der Waals surface area contributed by atoms with Gasteiger partial charge in [0.2, 0.25) is 11.8 Å². The number of thiophene rings is 1. The van der Waals surface area contributed by atoms with Crippen molar-refractivity contribution in [3.63, 3.8) is 0 Å². The fourth-order valence-corrected chi connectivity index (χ4v) is 3.14. The maximum absolute atomic E-state index is 11.7. The summed E-state index contributed by atoms with van der Waals surface area (Å²) in [4.78, 5) is 24.1. The molecule has 0 saturated carbocycles. The molecule has 2 amide bonds. The largest absolute Gasteiger partial charge is 0.354 e. The van der Waals surface area contributed by atoms with Gasteiger partial charge in [0.15, 0.2) is 0 Å². The first-order chi connectivity index (χ1) is 8.25. The van der Waals surface area contributed by atoms with E-state index in [2.05, 4.69) is 16.7 Å². The van der Waals surface area contributed by atoms with E-state index >= 15 is 0 Å². The molecule has 2 heterocycles. The molecule has 1 aliphatic heterocycles. The van der Waals surface area contributed by atoms with Gasteiger partial charge in [0.25, 0.3) is 0 Å². The molecule has 1 atom stereocenters. The van der Waals surface area contributed by atoms with Crippen LogP contribution in [0.1, 0.15) is 4.88 Å². The zero-order chi connectivity index (χ0) is 12.1. The minimum Gasteiger partial charge on any atom is -0.354 e. The van der Waals surface area contributed by atoms with E-state index < -0.39 is 0 Å². The molecule has 1 unspecified atom stereocenters. The van der Waals surface area contributed by atoms with Crippen LogP contribution in [0, 0.1) is 0 Å². The van der Waals surface area contributed by atoms with Crippen molar-refractivity contribution in [2.24, 2.45) is 0 Å². The molecule has 0 aliphatic carbocycles. The molecule has 92 valence electrons. The summed E-state index contributed by atoms with van der Waals surface area (Å²) in [6.45, 7) is 0.621. The summed E-state index contributed by atoms with van der Waals surface area (Å²) < 4.78 is 0. The zero-order valence-corrected chi connectivity index (χ0v) is 10.9. The van der Waals surface area contributed by atoms with Crippen molar-refractivity contribution in [2.75, 3.05) is 18.1 Å². The van der Waals surface area contributed by atoms with Crippen LogP contribution in [-0.4, -0.2) is 35.9 Å². The van der Waals surface area contributed by atoms with E-state index in [-0.39, 0.29) is 17.9 Å². The number of hydrogen-bond donors (Lipinski definition) is 2. The Hall–Kier alpha value is -1.01. The summed E-state index contributed by atoms with van der Waals surface area (Å²) in [5.74, 6) is 0.983. The SMILES string of the molecule is O=C1CSCC(C(=O)NCCc2cccs2)N1. The number of carbonyl (C=O) groups excluding carboxylic acids is 2. The van der Waals surface area contributed by atoms with Crippen molar-refractivity contribution in [3.8, 4) is 0 Å². The van der Waals surface area contributed by atoms with E-state index in [0.717, 1.165) is 6.42 Å².